The predicted octanol–water partition coefficient (Wildman–Crippen LogP) is 3.43. The molecule has 2 aromatic carbocycles. The number of aromatic nitrogens is 3. The first-order valence-corrected chi connectivity index (χ1v) is 11.7. The van der Waals surface area contributed by atoms with Crippen molar-refractivity contribution in [2.75, 3.05) is 12.9 Å². The van der Waals surface area contributed by atoms with Crippen LogP contribution < -0.4 is 15.4 Å². The van der Waals surface area contributed by atoms with Crippen LogP contribution in [0.15, 0.2) is 52.4 Å². The molecule has 0 aliphatic heterocycles. The average Bonchev–Trinajstić information content (AvgIpc) is 3.10. The molecule has 2 aromatic heterocycles. The number of hydrogen-bond acceptors (Lipinski definition) is 8. The van der Waals surface area contributed by atoms with Gasteiger partial charge in [0.05, 0.1) is 18.8 Å². The lowest BCUT2D eigenvalue weighted by atomic mass is 10.1. The molecule has 0 amide bonds. The van der Waals surface area contributed by atoms with Crippen LogP contribution in [0.1, 0.15) is 11.1 Å². The normalized spacial score (nSPS) is 11.1. The first-order chi connectivity index (χ1) is 15.3. The molecule has 0 aliphatic carbocycles. The van der Waals surface area contributed by atoms with Crippen LogP contribution >= 0.6 is 35.3 Å². The molecule has 0 saturated carbocycles. The first kappa shape index (κ1) is 22.3. The molecule has 0 fully saturated rings. The van der Waals surface area contributed by atoms with E-state index in [-0.39, 0.29) is 16.5 Å². The van der Waals surface area contributed by atoms with Crippen molar-refractivity contribution in [3.63, 3.8) is 0 Å². The topological polar surface area (TPSA) is 89.2 Å². The highest BCUT2D eigenvalue weighted by molar-refractivity contribution is 7.99. The minimum Gasteiger partial charge on any atom is -0.549 e. The fourth-order valence-electron chi connectivity index (χ4n) is 3.28. The highest BCUT2D eigenvalue weighted by Crippen LogP contribution is 2.30. The van der Waals surface area contributed by atoms with Gasteiger partial charge in [0.2, 0.25) is 0 Å². The number of hydrogen-bond donors (Lipinski definition) is 0. The summed E-state index contributed by atoms with van der Waals surface area (Å²) in [7, 11) is 1.50. The Morgan fingerprint density at radius 1 is 1.19 bits per heavy atom. The van der Waals surface area contributed by atoms with Gasteiger partial charge in [-0.3, -0.25) is 13.9 Å². The van der Waals surface area contributed by atoms with Gasteiger partial charge in [-0.2, -0.15) is 0 Å². The van der Waals surface area contributed by atoms with Gasteiger partial charge in [-0.1, -0.05) is 41.3 Å². The molecule has 0 atom stereocenters. The molecule has 0 radical (unpaired) electrons. The van der Waals surface area contributed by atoms with E-state index in [9.17, 15) is 14.7 Å². The predicted molar refractivity (Wildman–Crippen MR) is 127 cm³/mol. The summed E-state index contributed by atoms with van der Waals surface area (Å²) in [4.78, 5) is 29.5. The number of carbonyl (C=O) groups excluding carboxylic acids is 1. The van der Waals surface area contributed by atoms with Gasteiger partial charge in [0, 0.05) is 11.4 Å². The number of carbonyl (C=O) groups is 1. The summed E-state index contributed by atoms with van der Waals surface area (Å²) >= 11 is 7.66. The summed E-state index contributed by atoms with van der Waals surface area (Å²) in [5, 5.41) is 11.4. The van der Waals surface area contributed by atoms with Gasteiger partial charge in [0.1, 0.15) is 10.4 Å². The van der Waals surface area contributed by atoms with Crippen LogP contribution in [0.25, 0.3) is 21.7 Å². The number of fused-ring (bicyclic) bond motifs is 1. The molecule has 0 N–H and O–H groups in total. The zero-order chi connectivity index (χ0) is 23.0. The molecule has 2 heterocycles. The van der Waals surface area contributed by atoms with Crippen molar-refractivity contribution in [3.05, 3.63) is 67.9 Å². The van der Waals surface area contributed by atoms with Crippen LogP contribution in [0, 0.1) is 17.8 Å². The van der Waals surface area contributed by atoms with Gasteiger partial charge in [-0.05, 0) is 61.5 Å². The van der Waals surface area contributed by atoms with Crippen LogP contribution in [-0.2, 0) is 4.79 Å². The second kappa shape index (κ2) is 8.89. The first-order valence-electron chi connectivity index (χ1n) is 9.54. The Hall–Kier alpha value is -2.95. The maximum atomic E-state index is 13.6. The quantitative estimate of drug-likeness (QED) is 0.235. The molecule has 0 saturated heterocycles. The maximum absolute atomic E-state index is 13.6. The molecule has 10 heteroatoms. The molecule has 0 bridgehead atoms. The van der Waals surface area contributed by atoms with Crippen LogP contribution in [0.3, 0.4) is 0 Å². The van der Waals surface area contributed by atoms with E-state index in [0.717, 1.165) is 28.6 Å². The summed E-state index contributed by atoms with van der Waals surface area (Å²) in [6.45, 7) is 4.02. The second-order valence-electron chi connectivity index (χ2n) is 6.99. The molecule has 4 aromatic rings. The number of benzene rings is 2. The van der Waals surface area contributed by atoms with Crippen molar-refractivity contribution in [2.24, 2.45) is 0 Å². The maximum Gasteiger partial charge on any atom is 0.278 e. The lowest BCUT2D eigenvalue weighted by Crippen LogP contribution is -2.26. The van der Waals surface area contributed by atoms with Crippen molar-refractivity contribution in [1.82, 2.24) is 14.1 Å². The summed E-state index contributed by atoms with van der Waals surface area (Å²) in [5.41, 5.74) is 3.52. The number of thiazole rings is 1. The number of nitrogens with zero attached hydrogens (tertiary/aromatic N) is 3. The molecule has 7 nitrogen and oxygen atoms in total. The number of thioether (sulfide) groups is 1. The highest BCUT2D eigenvalue weighted by Gasteiger charge is 2.21. The molecule has 4 rings (SSSR count). The second-order valence-corrected chi connectivity index (χ2v) is 9.58. The standard InChI is InChI=1S/C22H19N3O4S3/c1-12-8-9-14(10-13(12)2)24-19-18(32-22(24)30)20(28)25(21(23-19)31-11-17(26)27)15-6-4-5-7-16(15)29-3/h4-10H,11H2,1-3H3,(H,26,27)/p-1. The van der Waals surface area contributed by atoms with E-state index >= 15 is 0 Å². The number of ether oxygens (including phenoxy) is 1. The molecule has 0 aliphatic rings. The van der Waals surface area contributed by atoms with Crippen LogP contribution in [0.5, 0.6) is 5.75 Å². The Morgan fingerprint density at radius 2 is 1.94 bits per heavy atom. The third-order valence-corrected chi connectivity index (χ3v) is 7.23. The Balaban J connectivity index is 2.05. The SMILES string of the molecule is COc1ccccc1-n1c(SCC(=O)[O-])nc2c(sc(=S)n2-c2ccc(C)c(C)c2)c1=O. The Morgan fingerprint density at radius 3 is 2.62 bits per heavy atom. The number of aryl methyl sites for hydroxylation is 2. The minimum absolute atomic E-state index is 0.210. The smallest absolute Gasteiger partial charge is 0.278 e. The van der Waals surface area contributed by atoms with E-state index in [4.69, 9.17) is 21.9 Å². The van der Waals surface area contributed by atoms with Crippen molar-refractivity contribution in [2.45, 2.75) is 19.0 Å². The van der Waals surface area contributed by atoms with Gasteiger partial charge < -0.3 is 14.6 Å². The Kier molecular flexibility index (Phi) is 6.18. The van der Waals surface area contributed by atoms with E-state index in [1.54, 1.807) is 28.8 Å². The summed E-state index contributed by atoms with van der Waals surface area (Å²) in [6, 6.07) is 12.9. The molecular weight excluding hydrogens is 466 g/mol. The Bertz CT molecular complexity index is 1470. The number of aliphatic carboxylic acids is 1. The summed E-state index contributed by atoms with van der Waals surface area (Å²) in [5.74, 6) is -1.16. The number of methoxy groups -OCH3 is 1. The Labute approximate surface area is 196 Å². The zero-order valence-electron chi connectivity index (χ0n) is 17.4. The fraction of sp³-hybridized carbons (Fsp3) is 0.182. The third kappa shape index (κ3) is 3.96. The average molecular weight is 485 g/mol. The van der Waals surface area contributed by atoms with E-state index in [2.05, 4.69) is 0 Å². The molecular formula is C22H18N3O4S3-. The van der Waals surface area contributed by atoms with Gasteiger partial charge >= 0.3 is 0 Å². The van der Waals surface area contributed by atoms with Crippen LogP contribution in [0.2, 0.25) is 0 Å². The molecule has 164 valence electrons. The molecule has 0 spiro atoms. The largest absolute Gasteiger partial charge is 0.549 e. The summed E-state index contributed by atoms with van der Waals surface area (Å²) < 4.78 is 9.38. The van der Waals surface area contributed by atoms with Gasteiger partial charge in [-0.15, -0.1) is 0 Å². The van der Waals surface area contributed by atoms with Crippen molar-refractivity contribution >= 4 is 51.6 Å². The minimum atomic E-state index is -1.26. The van der Waals surface area contributed by atoms with Gasteiger partial charge in [-0.25, -0.2) is 4.98 Å². The number of rotatable bonds is 6. The van der Waals surface area contributed by atoms with Gasteiger partial charge in [0.15, 0.2) is 14.8 Å². The van der Waals surface area contributed by atoms with E-state index in [1.807, 2.05) is 32.0 Å². The highest BCUT2D eigenvalue weighted by atomic mass is 32.2. The van der Waals surface area contributed by atoms with E-state index < -0.39 is 5.97 Å². The van der Waals surface area contributed by atoms with Crippen LogP contribution in [0.4, 0.5) is 0 Å². The zero-order valence-corrected chi connectivity index (χ0v) is 19.9. The molecule has 0 unspecified atom stereocenters. The fourth-order valence-corrected chi connectivity index (χ4v) is 5.29. The lowest BCUT2D eigenvalue weighted by Gasteiger charge is -2.15. The molecule has 32 heavy (non-hydrogen) atoms. The number of carboxylic acid groups (broad SMARTS) is 1. The summed E-state index contributed by atoms with van der Waals surface area (Å²) in [6.07, 6.45) is 0. The number of para-hydroxylation sites is 2. The number of carboxylic acids is 1. The monoisotopic (exact) mass is 484 g/mol. The van der Waals surface area contributed by atoms with E-state index in [1.165, 1.54) is 23.0 Å². The van der Waals surface area contributed by atoms with Gasteiger partial charge in [0.25, 0.3) is 5.56 Å². The van der Waals surface area contributed by atoms with Crippen molar-refractivity contribution < 1.29 is 14.6 Å². The van der Waals surface area contributed by atoms with Crippen molar-refractivity contribution in [1.29, 1.82) is 0 Å². The van der Waals surface area contributed by atoms with Crippen molar-refractivity contribution in [3.8, 4) is 17.1 Å². The third-order valence-electron chi connectivity index (χ3n) is 4.97. The van der Waals surface area contributed by atoms with E-state index in [0.29, 0.717) is 25.7 Å². The lowest BCUT2D eigenvalue weighted by molar-refractivity contribution is -0.301. The van der Waals surface area contributed by atoms with Crippen LogP contribution in [-0.4, -0.2) is 33.0 Å².